The molecule has 0 atom stereocenters. The molecule has 20 heavy (non-hydrogen) atoms. The number of rotatable bonds is 3. The lowest BCUT2D eigenvalue weighted by molar-refractivity contribution is 0.142. The Kier molecular flexibility index (Phi) is 3.30. The lowest BCUT2D eigenvalue weighted by Crippen LogP contribution is -2.41. The lowest BCUT2D eigenvalue weighted by atomic mass is 10.0. The molecular weight excluding hydrogens is 250 g/mol. The minimum absolute atomic E-state index is 0.151. The molecule has 1 aromatic carbocycles. The Morgan fingerprint density at radius 3 is 2.50 bits per heavy atom. The Morgan fingerprint density at radius 1 is 1.10 bits per heavy atom. The Labute approximate surface area is 119 Å². The molecule has 2 aromatic rings. The number of hydrogen-bond donors (Lipinski definition) is 0. The highest BCUT2D eigenvalue weighted by molar-refractivity contribution is 5.40. The molecule has 106 valence electrons. The zero-order valence-corrected chi connectivity index (χ0v) is 12.4. The largest absolute Gasteiger partial charge is 0.291 e. The molecule has 1 aromatic heterocycles. The minimum atomic E-state index is -0.151. The van der Waals surface area contributed by atoms with Gasteiger partial charge < -0.3 is 0 Å². The van der Waals surface area contributed by atoms with Crippen molar-refractivity contribution in [2.45, 2.75) is 39.2 Å². The molecule has 1 fully saturated rings. The summed E-state index contributed by atoms with van der Waals surface area (Å²) in [5.41, 5.74) is 2.08. The maximum Gasteiger partial charge on any atom is 0.176 e. The molecule has 0 bridgehead atoms. The highest BCUT2D eigenvalue weighted by Gasteiger charge is 2.36. The summed E-state index contributed by atoms with van der Waals surface area (Å²) in [5, 5.41) is 12.4. The molecule has 3 rings (SSSR count). The van der Waals surface area contributed by atoms with Crippen LogP contribution in [0.2, 0.25) is 0 Å². The van der Waals surface area contributed by atoms with Crippen LogP contribution in [-0.4, -0.2) is 38.2 Å². The predicted molar refractivity (Wildman–Crippen MR) is 77.7 cm³/mol. The molecule has 0 radical (unpaired) electrons. The topological polar surface area (TPSA) is 46.8 Å². The van der Waals surface area contributed by atoms with Crippen molar-refractivity contribution in [2.75, 3.05) is 13.1 Å². The lowest BCUT2D eigenvalue weighted by Gasteiger charge is -2.34. The minimum Gasteiger partial charge on any atom is -0.291 e. The first-order valence-corrected chi connectivity index (χ1v) is 7.20. The van der Waals surface area contributed by atoms with E-state index in [4.69, 9.17) is 0 Å². The number of aryl methyl sites for hydroxylation is 1. The molecule has 0 saturated carbocycles. The van der Waals surface area contributed by atoms with Crippen molar-refractivity contribution in [1.82, 2.24) is 25.1 Å². The van der Waals surface area contributed by atoms with Crippen LogP contribution in [0.15, 0.2) is 24.3 Å². The number of tetrazole rings is 1. The van der Waals surface area contributed by atoms with Crippen LogP contribution in [-0.2, 0) is 5.54 Å². The molecule has 0 N–H and O–H groups in total. The zero-order chi connectivity index (χ0) is 14.2. The standard InChI is InChI=1S/C15H21N5/c1-12-8-4-5-9-13(12)20-14(16-17-18-20)15(2,3)19-10-6-7-11-19/h4-5,8-9H,6-7,10-11H2,1-3H3. The van der Waals surface area contributed by atoms with Gasteiger partial charge in [0.05, 0.1) is 11.2 Å². The molecule has 1 aliphatic rings. The number of hydrogen-bond acceptors (Lipinski definition) is 4. The molecule has 0 amide bonds. The van der Waals surface area contributed by atoms with Gasteiger partial charge in [-0.3, -0.25) is 4.90 Å². The molecule has 5 nitrogen and oxygen atoms in total. The summed E-state index contributed by atoms with van der Waals surface area (Å²) in [6.45, 7) is 8.74. The van der Waals surface area contributed by atoms with Crippen LogP contribution in [0.4, 0.5) is 0 Å². The van der Waals surface area contributed by atoms with Crippen LogP contribution in [0.1, 0.15) is 38.1 Å². The van der Waals surface area contributed by atoms with Crippen molar-refractivity contribution in [3.8, 4) is 5.69 Å². The first-order valence-electron chi connectivity index (χ1n) is 7.20. The zero-order valence-electron chi connectivity index (χ0n) is 12.4. The number of para-hydroxylation sites is 1. The fourth-order valence-electron chi connectivity index (χ4n) is 2.95. The van der Waals surface area contributed by atoms with E-state index in [9.17, 15) is 0 Å². The second kappa shape index (κ2) is 4.98. The summed E-state index contributed by atoms with van der Waals surface area (Å²) in [4.78, 5) is 2.47. The van der Waals surface area contributed by atoms with Crippen molar-refractivity contribution >= 4 is 0 Å². The quantitative estimate of drug-likeness (QED) is 0.859. The van der Waals surface area contributed by atoms with E-state index in [0.29, 0.717) is 0 Å². The van der Waals surface area contributed by atoms with Crippen LogP contribution in [0.25, 0.3) is 5.69 Å². The maximum absolute atomic E-state index is 4.31. The second-order valence-corrected chi connectivity index (χ2v) is 5.95. The third kappa shape index (κ3) is 2.12. The summed E-state index contributed by atoms with van der Waals surface area (Å²) >= 11 is 0. The Balaban J connectivity index is 2.04. The molecule has 0 aliphatic carbocycles. The van der Waals surface area contributed by atoms with Crippen molar-refractivity contribution in [3.05, 3.63) is 35.7 Å². The number of aromatic nitrogens is 4. The van der Waals surface area contributed by atoms with Crippen LogP contribution in [0.3, 0.4) is 0 Å². The van der Waals surface area contributed by atoms with E-state index in [1.165, 1.54) is 18.4 Å². The Hall–Kier alpha value is -1.75. The second-order valence-electron chi connectivity index (χ2n) is 5.95. The molecular formula is C15H21N5. The highest BCUT2D eigenvalue weighted by Crippen LogP contribution is 2.30. The number of nitrogens with zero attached hydrogens (tertiary/aromatic N) is 5. The van der Waals surface area contributed by atoms with E-state index in [1.54, 1.807) is 0 Å². The molecule has 0 unspecified atom stereocenters. The van der Waals surface area contributed by atoms with Gasteiger partial charge in [0.25, 0.3) is 0 Å². The first kappa shape index (κ1) is 13.2. The average Bonchev–Trinajstić information content (AvgIpc) is 3.11. The SMILES string of the molecule is Cc1ccccc1-n1nnnc1C(C)(C)N1CCCC1. The van der Waals surface area contributed by atoms with E-state index < -0.39 is 0 Å². The molecule has 2 heterocycles. The van der Waals surface area contributed by atoms with E-state index in [0.717, 1.165) is 24.6 Å². The fraction of sp³-hybridized carbons (Fsp3) is 0.533. The molecule has 1 saturated heterocycles. The van der Waals surface area contributed by atoms with Gasteiger partial charge in [0.15, 0.2) is 5.82 Å². The van der Waals surface area contributed by atoms with Gasteiger partial charge in [0.2, 0.25) is 0 Å². The van der Waals surface area contributed by atoms with Gasteiger partial charge in [-0.05, 0) is 68.8 Å². The predicted octanol–water partition coefficient (Wildman–Crippen LogP) is 2.30. The maximum atomic E-state index is 4.31. The van der Waals surface area contributed by atoms with Crippen molar-refractivity contribution in [3.63, 3.8) is 0 Å². The van der Waals surface area contributed by atoms with Gasteiger partial charge in [-0.25, -0.2) is 0 Å². The van der Waals surface area contributed by atoms with Gasteiger partial charge in [0, 0.05) is 0 Å². The van der Waals surface area contributed by atoms with Crippen LogP contribution >= 0.6 is 0 Å². The fourth-order valence-corrected chi connectivity index (χ4v) is 2.95. The highest BCUT2D eigenvalue weighted by atomic mass is 15.6. The Morgan fingerprint density at radius 2 is 1.80 bits per heavy atom. The van der Waals surface area contributed by atoms with Crippen molar-refractivity contribution < 1.29 is 0 Å². The molecule has 1 aliphatic heterocycles. The van der Waals surface area contributed by atoms with Gasteiger partial charge in [-0.1, -0.05) is 18.2 Å². The Bertz CT molecular complexity index is 596. The third-order valence-electron chi connectivity index (χ3n) is 4.26. The first-order chi connectivity index (χ1) is 9.60. The van der Waals surface area contributed by atoms with Crippen LogP contribution in [0, 0.1) is 6.92 Å². The summed E-state index contributed by atoms with van der Waals surface area (Å²) in [6, 6.07) is 8.21. The van der Waals surface area contributed by atoms with Gasteiger partial charge >= 0.3 is 0 Å². The summed E-state index contributed by atoms with van der Waals surface area (Å²) in [5.74, 6) is 0.911. The normalized spacial score (nSPS) is 16.8. The number of likely N-dealkylation sites (tertiary alicyclic amines) is 1. The van der Waals surface area contributed by atoms with E-state index in [-0.39, 0.29) is 5.54 Å². The van der Waals surface area contributed by atoms with Crippen molar-refractivity contribution in [2.24, 2.45) is 0 Å². The van der Waals surface area contributed by atoms with Crippen LogP contribution in [0.5, 0.6) is 0 Å². The van der Waals surface area contributed by atoms with E-state index in [2.05, 4.69) is 53.3 Å². The van der Waals surface area contributed by atoms with E-state index in [1.807, 2.05) is 16.8 Å². The number of benzene rings is 1. The van der Waals surface area contributed by atoms with Crippen molar-refractivity contribution in [1.29, 1.82) is 0 Å². The smallest absolute Gasteiger partial charge is 0.176 e. The third-order valence-corrected chi connectivity index (χ3v) is 4.26. The van der Waals surface area contributed by atoms with Gasteiger partial charge in [-0.15, -0.1) is 5.10 Å². The molecule has 5 heteroatoms. The van der Waals surface area contributed by atoms with Gasteiger partial charge in [0.1, 0.15) is 0 Å². The summed E-state index contributed by atoms with van der Waals surface area (Å²) in [7, 11) is 0. The monoisotopic (exact) mass is 271 g/mol. The summed E-state index contributed by atoms with van der Waals surface area (Å²) in [6.07, 6.45) is 2.52. The van der Waals surface area contributed by atoms with Crippen LogP contribution < -0.4 is 0 Å². The summed E-state index contributed by atoms with van der Waals surface area (Å²) < 4.78 is 1.88. The average molecular weight is 271 g/mol. The molecule has 0 spiro atoms. The van der Waals surface area contributed by atoms with Gasteiger partial charge in [-0.2, -0.15) is 4.68 Å². The van der Waals surface area contributed by atoms with E-state index >= 15 is 0 Å².